The van der Waals surface area contributed by atoms with Crippen molar-refractivity contribution in [3.63, 3.8) is 0 Å². The molecule has 5 nitrogen and oxygen atoms in total. The predicted octanol–water partition coefficient (Wildman–Crippen LogP) is 5.49. The number of piperidine rings is 1. The minimum atomic E-state index is -0.346. The lowest BCUT2D eigenvalue weighted by Gasteiger charge is -2.37. The van der Waals surface area contributed by atoms with Gasteiger partial charge in [0, 0.05) is 30.4 Å². The maximum atomic E-state index is 14.5. The molecule has 3 heterocycles. The van der Waals surface area contributed by atoms with Crippen molar-refractivity contribution < 1.29 is 8.78 Å². The average molecular weight is 446 g/mol. The molecule has 1 aliphatic heterocycles. The second-order valence-electron chi connectivity index (χ2n) is 8.36. The molecule has 0 radical (unpaired) electrons. The Bertz CT molecular complexity index is 1050. The highest BCUT2D eigenvalue weighted by Gasteiger charge is 2.28. The zero-order valence-electron chi connectivity index (χ0n) is 17.6. The van der Waals surface area contributed by atoms with Crippen LogP contribution < -0.4 is 5.32 Å². The minimum absolute atomic E-state index is 0.153. The van der Waals surface area contributed by atoms with Gasteiger partial charge in [-0.2, -0.15) is 5.10 Å². The highest BCUT2D eigenvalue weighted by Crippen LogP contribution is 2.29. The van der Waals surface area contributed by atoms with Crippen molar-refractivity contribution in [2.75, 3.05) is 18.4 Å². The van der Waals surface area contributed by atoms with Gasteiger partial charge in [-0.3, -0.25) is 10.00 Å². The van der Waals surface area contributed by atoms with Gasteiger partial charge in [-0.15, -0.1) is 0 Å². The second kappa shape index (κ2) is 9.32. The zero-order valence-corrected chi connectivity index (χ0v) is 18.4. The highest BCUT2D eigenvalue weighted by molar-refractivity contribution is 6.30. The summed E-state index contributed by atoms with van der Waals surface area (Å²) in [6.07, 6.45) is 1.47. The SMILES string of the molecule is Cc1cc(Nc2ccc(F)c(C[C@H]3CCN(Cc4cccc(Cl)c4F)C[C@H]3C)n2)n[nH]1. The number of benzene rings is 1. The molecule has 1 fully saturated rings. The molecule has 2 atom stereocenters. The molecule has 164 valence electrons. The first-order chi connectivity index (χ1) is 14.9. The van der Waals surface area contributed by atoms with E-state index in [0.29, 0.717) is 47.7 Å². The van der Waals surface area contributed by atoms with Crippen molar-refractivity contribution in [3.8, 4) is 0 Å². The molecular weight excluding hydrogens is 420 g/mol. The third kappa shape index (κ3) is 5.22. The summed E-state index contributed by atoms with van der Waals surface area (Å²) in [4.78, 5) is 6.73. The van der Waals surface area contributed by atoms with Gasteiger partial charge < -0.3 is 5.32 Å². The molecule has 1 aliphatic rings. The first kappa shape index (κ1) is 21.7. The first-order valence-electron chi connectivity index (χ1n) is 10.5. The fourth-order valence-electron chi connectivity index (χ4n) is 4.20. The quantitative estimate of drug-likeness (QED) is 0.526. The Morgan fingerprint density at radius 3 is 2.81 bits per heavy atom. The number of pyridine rings is 1. The summed E-state index contributed by atoms with van der Waals surface area (Å²) >= 11 is 5.91. The fourth-order valence-corrected chi connectivity index (χ4v) is 4.39. The summed E-state index contributed by atoms with van der Waals surface area (Å²) in [5.41, 5.74) is 2.00. The van der Waals surface area contributed by atoms with Gasteiger partial charge in [0.05, 0.1) is 10.7 Å². The van der Waals surface area contributed by atoms with Crippen molar-refractivity contribution in [1.29, 1.82) is 0 Å². The molecule has 3 aromatic rings. The summed E-state index contributed by atoms with van der Waals surface area (Å²) in [6.45, 7) is 6.25. The van der Waals surface area contributed by atoms with Crippen molar-refractivity contribution in [3.05, 3.63) is 70.0 Å². The molecule has 1 saturated heterocycles. The third-order valence-electron chi connectivity index (χ3n) is 5.93. The number of hydrogen-bond donors (Lipinski definition) is 2. The summed E-state index contributed by atoms with van der Waals surface area (Å²) in [7, 11) is 0. The smallest absolute Gasteiger partial charge is 0.153 e. The zero-order chi connectivity index (χ0) is 22.0. The standard InChI is InChI=1S/C23H26ClF2N5/c1-14-12-31(13-17-4-3-5-18(24)23(17)26)9-8-16(14)11-20-19(25)6-7-21(27-20)28-22-10-15(2)29-30-22/h3-7,10,14,16H,8-9,11-13H2,1-2H3,(H2,27,28,29,30)/t14-,16-/m1/s1. The number of hydrogen-bond acceptors (Lipinski definition) is 4. The summed E-state index contributed by atoms with van der Waals surface area (Å²) in [5, 5.41) is 10.3. The van der Waals surface area contributed by atoms with Crippen molar-refractivity contribution in [2.24, 2.45) is 11.8 Å². The van der Waals surface area contributed by atoms with Gasteiger partial charge in [-0.1, -0.05) is 30.7 Å². The van der Waals surface area contributed by atoms with E-state index in [4.69, 9.17) is 11.6 Å². The van der Waals surface area contributed by atoms with Crippen LogP contribution in [-0.2, 0) is 13.0 Å². The lowest BCUT2D eigenvalue weighted by molar-refractivity contribution is 0.121. The molecule has 1 aromatic carbocycles. The van der Waals surface area contributed by atoms with Crippen molar-refractivity contribution in [1.82, 2.24) is 20.1 Å². The van der Waals surface area contributed by atoms with E-state index >= 15 is 0 Å². The molecule has 0 bridgehead atoms. The molecule has 0 amide bonds. The van der Waals surface area contributed by atoms with Gasteiger partial charge in [0.15, 0.2) is 5.82 Å². The molecule has 0 unspecified atom stereocenters. The van der Waals surface area contributed by atoms with Crippen LogP contribution in [0.5, 0.6) is 0 Å². The molecule has 8 heteroatoms. The molecular formula is C23H26ClF2N5. The van der Waals surface area contributed by atoms with Gasteiger partial charge in [0.1, 0.15) is 17.5 Å². The number of H-pyrrole nitrogens is 1. The fraction of sp³-hybridized carbons (Fsp3) is 0.391. The van der Waals surface area contributed by atoms with Crippen LogP contribution in [0.25, 0.3) is 0 Å². The van der Waals surface area contributed by atoms with Crippen LogP contribution in [0, 0.1) is 30.4 Å². The number of nitrogens with zero attached hydrogens (tertiary/aromatic N) is 3. The maximum Gasteiger partial charge on any atom is 0.153 e. The number of anilines is 2. The molecule has 0 aliphatic carbocycles. The lowest BCUT2D eigenvalue weighted by Crippen LogP contribution is -2.39. The Hall–Kier alpha value is -2.51. The number of aromatic amines is 1. The Balaban J connectivity index is 1.39. The molecule has 0 spiro atoms. The van der Waals surface area contributed by atoms with Crippen LogP contribution >= 0.6 is 11.6 Å². The predicted molar refractivity (Wildman–Crippen MR) is 118 cm³/mol. The molecule has 2 N–H and O–H groups in total. The van der Waals surface area contributed by atoms with Gasteiger partial charge >= 0.3 is 0 Å². The number of aryl methyl sites for hydroxylation is 1. The summed E-state index contributed by atoms with van der Waals surface area (Å²) in [6, 6.07) is 10.0. The maximum absolute atomic E-state index is 14.5. The first-order valence-corrected chi connectivity index (χ1v) is 10.9. The molecule has 31 heavy (non-hydrogen) atoms. The van der Waals surface area contributed by atoms with E-state index in [9.17, 15) is 8.78 Å². The largest absolute Gasteiger partial charge is 0.323 e. The number of halogens is 3. The van der Waals surface area contributed by atoms with Gasteiger partial charge in [0.25, 0.3) is 0 Å². The van der Waals surface area contributed by atoms with E-state index in [-0.39, 0.29) is 16.7 Å². The van der Waals surface area contributed by atoms with E-state index in [2.05, 4.69) is 32.3 Å². The Morgan fingerprint density at radius 1 is 1.23 bits per heavy atom. The summed E-state index contributed by atoms with van der Waals surface area (Å²) in [5.74, 6) is 1.23. The minimum Gasteiger partial charge on any atom is -0.323 e. The van der Waals surface area contributed by atoms with Crippen LogP contribution in [0.3, 0.4) is 0 Å². The Kier molecular flexibility index (Phi) is 6.53. The molecule has 4 rings (SSSR count). The van der Waals surface area contributed by atoms with E-state index in [0.717, 1.165) is 25.2 Å². The molecule has 2 aromatic heterocycles. The topological polar surface area (TPSA) is 56.8 Å². The number of aromatic nitrogens is 3. The van der Waals surface area contributed by atoms with Gasteiger partial charge in [0.2, 0.25) is 0 Å². The van der Waals surface area contributed by atoms with E-state index in [1.54, 1.807) is 24.3 Å². The lowest BCUT2D eigenvalue weighted by atomic mass is 9.83. The number of nitrogens with one attached hydrogen (secondary N) is 2. The van der Waals surface area contributed by atoms with Crippen LogP contribution in [0.2, 0.25) is 5.02 Å². The second-order valence-corrected chi connectivity index (χ2v) is 8.77. The Labute approximate surface area is 185 Å². The van der Waals surface area contributed by atoms with E-state index < -0.39 is 0 Å². The number of rotatable bonds is 6. The average Bonchev–Trinajstić information content (AvgIpc) is 3.14. The van der Waals surface area contributed by atoms with E-state index in [1.807, 2.05) is 13.0 Å². The van der Waals surface area contributed by atoms with Crippen LogP contribution in [0.4, 0.5) is 20.4 Å². The van der Waals surface area contributed by atoms with Crippen LogP contribution in [0.15, 0.2) is 36.4 Å². The van der Waals surface area contributed by atoms with Gasteiger partial charge in [-0.05, 0) is 56.3 Å². The van der Waals surface area contributed by atoms with Crippen LogP contribution in [0.1, 0.15) is 30.3 Å². The molecule has 0 saturated carbocycles. The highest BCUT2D eigenvalue weighted by atomic mass is 35.5. The summed E-state index contributed by atoms with van der Waals surface area (Å²) < 4.78 is 28.7. The monoisotopic (exact) mass is 445 g/mol. The normalized spacial score (nSPS) is 19.5. The number of likely N-dealkylation sites (tertiary alicyclic amines) is 1. The van der Waals surface area contributed by atoms with Crippen molar-refractivity contribution in [2.45, 2.75) is 33.2 Å². The van der Waals surface area contributed by atoms with Gasteiger partial charge in [-0.25, -0.2) is 13.8 Å². The van der Waals surface area contributed by atoms with Crippen molar-refractivity contribution >= 4 is 23.2 Å². The van der Waals surface area contributed by atoms with Crippen LogP contribution in [-0.4, -0.2) is 33.2 Å². The third-order valence-corrected chi connectivity index (χ3v) is 6.22. The Morgan fingerprint density at radius 2 is 2.06 bits per heavy atom. The van der Waals surface area contributed by atoms with E-state index in [1.165, 1.54) is 6.07 Å².